The predicted octanol–water partition coefficient (Wildman–Crippen LogP) is 25.2. The fraction of sp³-hybridized carbons (Fsp3) is 0.873. The van der Waals surface area contributed by atoms with Crippen molar-refractivity contribution >= 4 is 11.9 Å². The second-order valence-electron chi connectivity index (χ2n) is 26.3. The molecule has 6 nitrogen and oxygen atoms in total. The lowest BCUT2D eigenvalue weighted by Gasteiger charge is -2.20. The summed E-state index contributed by atoms with van der Waals surface area (Å²) >= 11 is 0. The maximum Gasteiger partial charge on any atom is 0.305 e. The van der Waals surface area contributed by atoms with Crippen LogP contribution >= 0.6 is 0 Å². The van der Waals surface area contributed by atoms with Crippen LogP contribution in [-0.4, -0.2) is 47.4 Å². The first-order chi connectivity index (χ1) is 42.0. The highest BCUT2D eigenvalue weighted by atomic mass is 16.5. The van der Waals surface area contributed by atoms with Crippen molar-refractivity contribution in [2.45, 2.75) is 431 Å². The molecule has 0 aliphatic carbocycles. The Morgan fingerprint density at radius 1 is 0.329 bits per heavy atom. The molecule has 0 aromatic heterocycles. The van der Waals surface area contributed by atoms with Gasteiger partial charge in [-0.15, -0.1) is 0 Å². The third kappa shape index (κ3) is 70.8. The second-order valence-corrected chi connectivity index (χ2v) is 26.3. The van der Waals surface area contributed by atoms with Crippen LogP contribution in [0.25, 0.3) is 0 Å². The summed E-state index contributed by atoms with van der Waals surface area (Å²) in [6.07, 6.45) is 98.0. The normalized spacial score (nSPS) is 12.8. The lowest BCUT2D eigenvalue weighted by atomic mass is 10.0. The topological polar surface area (TPSA) is 95.9 Å². The van der Waals surface area contributed by atoms with Crippen LogP contribution in [0.4, 0.5) is 0 Å². The molecule has 500 valence electrons. The van der Waals surface area contributed by atoms with Gasteiger partial charge in [0, 0.05) is 12.8 Å². The van der Waals surface area contributed by atoms with Crippen molar-refractivity contribution in [1.29, 1.82) is 0 Å². The van der Waals surface area contributed by atoms with E-state index in [0.29, 0.717) is 19.4 Å². The van der Waals surface area contributed by atoms with Gasteiger partial charge in [-0.25, -0.2) is 0 Å². The minimum absolute atomic E-state index is 0.00759. The average Bonchev–Trinajstić information content (AvgIpc) is 3.54. The summed E-state index contributed by atoms with van der Waals surface area (Å²) in [7, 11) is 0. The first-order valence-corrected chi connectivity index (χ1v) is 38.4. The number of rotatable bonds is 72. The summed E-state index contributed by atoms with van der Waals surface area (Å²) in [4.78, 5) is 24.5. The van der Waals surface area contributed by atoms with Crippen molar-refractivity contribution in [3.05, 3.63) is 48.6 Å². The van der Waals surface area contributed by atoms with Gasteiger partial charge in [-0.2, -0.15) is 0 Å². The zero-order valence-electron chi connectivity index (χ0n) is 57.4. The van der Waals surface area contributed by atoms with Crippen molar-refractivity contribution in [3.8, 4) is 0 Å². The average molecular weight is 1190 g/mol. The van der Waals surface area contributed by atoms with Crippen molar-refractivity contribution in [2.75, 3.05) is 13.2 Å². The molecule has 3 N–H and O–H groups in total. The zero-order valence-corrected chi connectivity index (χ0v) is 57.4. The number of nitrogens with one attached hydrogen (secondary N) is 1. The largest absolute Gasteiger partial charge is 0.466 e. The van der Waals surface area contributed by atoms with Crippen LogP contribution in [-0.2, 0) is 14.3 Å². The Kier molecular flexibility index (Phi) is 72.4. The summed E-state index contributed by atoms with van der Waals surface area (Å²) in [5, 5.41) is 23.3. The minimum atomic E-state index is -0.844. The van der Waals surface area contributed by atoms with Gasteiger partial charge in [-0.3, -0.25) is 9.59 Å². The molecule has 2 atom stereocenters. The van der Waals surface area contributed by atoms with E-state index in [1.807, 2.05) is 6.08 Å². The Bertz CT molecular complexity index is 1420. The molecule has 0 saturated heterocycles. The Labute approximate surface area is 531 Å². The Morgan fingerprint density at radius 3 is 0.941 bits per heavy atom. The smallest absolute Gasteiger partial charge is 0.305 e. The predicted molar refractivity (Wildman–Crippen MR) is 375 cm³/mol. The van der Waals surface area contributed by atoms with E-state index in [1.54, 1.807) is 6.08 Å². The first kappa shape index (κ1) is 82.8. The van der Waals surface area contributed by atoms with Crippen LogP contribution in [0.1, 0.15) is 418 Å². The number of esters is 1. The fourth-order valence-corrected chi connectivity index (χ4v) is 11.9. The van der Waals surface area contributed by atoms with Gasteiger partial charge in [0.15, 0.2) is 0 Å². The van der Waals surface area contributed by atoms with Gasteiger partial charge in [0.1, 0.15) is 0 Å². The molecule has 0 aliphatic heterocycles. The molecule has 0 fully saturated rings. The van der Waals surface area contributed by atoms with Crippen molar-refractivity contribution in [3.63, 3.8) is 0 Å². The summed E-state index contributed by atoms with van der Waals surface area (Å²) in [5.41, 5.74) is 0. The monoisotopic (exact) mass is 1190 g/mol. The molecular weight excluding hydrogens is 1040 g/mol. The number of hydrogen-bond donors (Lipinski definition) is 3. The van der Waals surface area contributed by atoms with Crippen molar-refractivity contribution in [2.24, 2.45) is 0 Å². The molecule has 0 rings (SSSR count). The number of amides is 1. The van der Waals surface area contributed by atoms with Gasteiger partial charge in [0.25, 0.3) is 0 Å². The third-order valence-electron chi connectivity index (χ3n) is 17.8. The van der Waals surface area contributed by atoms with Gasteiger partial charge in [0.05, 0.1) is 25.4 Å². The van der Waals surface area contributed by atoms with Crippen LogP contribution in [0.2, 0.25) is 0 Å². The van der Waals surface area contributed by atoms with Crippen molar-refractivity contribution < 1.29 is 24.5 Å². The highest BCUT2D eigenvalue weighted by Gasteiger charge is 2.18. The summed E-state index contributed by atoms with van der Waals surface area (Å²) < 4.78 is 5.47. The molecule has 85 heavy (non-hydrogen) atoms. The highest BCUT2D eigenvalue weighted by Crippen LogP contribution is 2.19. The summed E-state index contributed by atoms with van der Waals surface area (Å²) in [6.45, 7) is 4.90. The molecule has 0 radical (unpaired) electrons. The SMILES string of the molecule is CCCC/C=C\CCCCCCCC(=O)OCCCCCCCCCCCCCCC/C=C\C/C=C\CCCCCCCCCCCCCCCCCCCC(=O)NC(CO)C(O)/C=C/CCCCCCCCCCCCCCCCCCCC. The number of aliphatic hydroxyl groups is 2. The van der Waals surface area contributed by atoms with E-state index in [-0.39, 0.29) is 18.5 Å². The van der Waals surface area contributed by atoms with E-state index in [2.05, 4.69) is 55.6 Å². The number of unbranched alkanes of at least 4 members (excludes halogenated alkanes) is 55. The van der Waals surface area contributed by atoms with Gasteiger partial charge in [0.2, 0.25) is 5.91 Å². The van der Waals surface area contributed by atoms with E-state index < -0.39 is 12.1 Å². The van der Waals surface area contributed by atoms with E-state index in [4.69, 9.17) is 4.74 Å². The van der Waals surface area contributed by atoms with E-state index in [9.17, 15) is 19.8 Å². The quantitative estimate of drug-likeness (QED) is 0.0320. The molecule has 6 heteroatoms. The van der Waals surface area contributed by atoms with Crippen LogP contribution in [0.5, 0.6) is 0 Å². The van der Waals surface area contributed by atoms with Gasteiger partial charge < -0.3 is 20.3 Å². The standard InChI is InChI=1S/C79H149NO5/c1-3-5-7-9-11-13-15-16-17-18-19-39-42-45-48-52-55-59-63-67-71-77(82)76(75-81)80-78(83)72-68-64-60-56-53-49-46-43-40-37-35-33-31-29-27-25-23-21-20-22-24-26-28-30-32-34-36-38-41-44-47-50-54-58-62-66-70-74-85-79(84)73-69-65-61-57-51-14-12-10-8-6-4-2/h10,12,20,22,26,28,67,71,76-77,81-82H,3-9,11,13-19,21,23-25,27,29-66,68-70,72-75H2,1-2H3,(H,80,83)/b12-10-,22-20-,28-26-,71-67+. The van der Waals surface area contributed by atoms with Gasteiger partial charge in [-0.1, -0.05) is 371 Å². The minimum Gasteiger partial charge on any atom is -0.466 e. The number of carbonyl (C=O) groups is 2. The maximum absolute atomic E-state index is 12.5. The highest BCUT2D eigenvalue weighted by molar-refractivity contribution is 5.76. The maximum atomic E-state index is 12.5. The van der Waals surface area contributed by atoms with Crippen LogP contribution in [0.15, 0.2) is 48.6 Å². The first-order valence-electron chi connectivity index (χ1n) is 38.4. The number of hydrogen-bond acceptors (Lipinski definition) is 5. The number of allylic oxidation sites excluding steroid dienone is 7. The van der Waals surface area contributed by atoms with Crippen LogP contribution in [0, 0.1) is 0 Å². The molecule has 0 aromatic rings. The molecule has 0 aliphatic rings. The third-order valence-corrected chi connectivity index (χ3v) is 17.8. The molecular formula is C79H149NO5. The fourth-order valence-electron chi connectivity index (χ4n) is 11.9. The molecule has 0 saturated carbocycles. The van der Waals surface area contributed by atoms with E-state index in [1.165, 1.54) is 340 Å². The summed E-state index contributed by atoms with van der Waals surface area (Å²) in [5.74, 6) is -0.0539. The van der Waals surface area contributed by atoms with E-state index in [0.717, 1.165) is 51.4 Å². The molecule has 0 spiro atoms. The molecule has 2 unspecified atom stereocenters. The van der Waals surface area contributed by atoms with E-state index >= 15 is 0 Å². The lowest BCUT2D eigenvalue weighted by Crippen LogP contribution is -2.45. The summed E-state index contributed by atoms with van der Waals surface area (Å²) in [6, 6.07) is -0.627. The van der Waals surface area contributed by atoms with Gasteiger partial charge in [-0.05, 0) is 83.5 Å². The lowest BCUT2D eigenvalue weighted by molar-refractivity contribution is -0.143. The second kappa shape index (κ2) is 74.3. The Hall–Kier alpha value is -2.18. The Morgan fingerprint density at radius 2 is 0.600 bits per heavy atom. The van der Waals surface area contributed by atoms with Gasteiger partial charge >= 0.3 is 5.97 Å². The molecule has 0 bridgehead atoms. The number of carbonyl (C=O) groups excluding carboxylic acids is 2. The molecule has 0 heterocycles. The Balaban J connectivity index is 3.39. The molecule has 0 aromatic carbocycles. The van der Waals surface area contributed by atoms with Crippen LogP contribution < -0.4 is 5.32 Å². The number of ether oxygens (including phenoxy) is 1. The molecule has 1 amide bonds. The van der Waals surface area contributed by atoms with Crippen molar-refractivity contribution in [1.82, 2.24) is 5.32 Å². The number of aliphatic hydroxyl groups excluding tert-OH is 2. The zero-order chi connectivity index (χ0) is 61.3. The van der Waals surface area contributed by atoms with Crippen LogP contribution in [0.3, 0.4) is 0 Å².